The van der Waals surface area contributed by atoms with Gasteiger partial charge in [0, 0.05) is 6.26 Å². The molecule has 0 spiro atoms. The van der Waals surface area contributed by atoms with E-state index < -0.39 is 15.4 Å². The highest BCUT2D eigenvalue weighted by atomic mass is 32.2. The van der Waals surface area contributed by atoms with Crippen molar-refractivity contribution in [3.05, 3.63) is 18.2 Å². The van der Waals surface area contributed by atoms with Gasteiger partial charge in [-0.3, -0.25) is 4.79 Å². The van der Waals surface area contributed by atoms with Crippen molar-refractivity contribution in [3.8, 4) is 0 Å². The number of fused-ring (bicyclic) bond motifs is 1. The van der Waals surface area contributed by atoms with Crippen LogP contribution in [0.15, 0.2) is 23.1 Å². The minimum Gasteiger partial charge on any atom is -0.370 e. The molecule has 1 heterocycles. The number of carbonyl (C=O) groups is 1. The molecule has 1 aromatic carbocycles. The fourth-order valence-corrected chi connectivity index (χ4v) is 2.59. The highest BCUT2D eigenvalue weighted by molar-refractivity contribution is 7.90. The molecule has 5 nitrogen and oxygen atoms in total. The number of hydrogen-bond donors (Lipinski definition) is 2. The standard InChI is InChI=1S/C11H14N2O3S/c1-11(2)10(14)12-9-7(13-11)5-4-6-8(9)17(3,15)16/h4-6,13H,1-3H3,(H,12,14). The predicted octanol–water partition coefficient (Wildman–Crippen LogP) is 1.23. The fraction of sp³-hybridized carbons (Fsp3) is 0.364. The number of carbonyl (C=O) groups excluding carboxylic acids is 1. The zero-order chi connectivity index (χ0) is 12.8. The summed E-state index contributed by atoms with van der Waals surface area (Å²) >= 11 is 0. The van der Waals surface area contributed by atoms with Crippen LogP contribution in [-0.2, 0) is 14.6 Å². The van der Waals surface area contributed by atoms with Crippen molar-refractivity contribution in [2.75, 3.05) is 16.9 Å². The van der Waals surface area contributed by atoms with Gasteiger partial charge in [-0.25, -0.2) is 8.42 Å². The molecule has 17 heavy (non-hydrogen) atoms. The van der Waals surface area contributed by atoms with E-state index in [9.17, 15) is 13.2 Å². The second kappa shape index (κ2) is 3.46. The average molecular weight is 254 g/mol. The van der Waals surface area contributed by atoms with E-state index in [1.165, 1.54) is 6.07 Å². The van der Waals surface area contributed by atoms with Gasteiger partial charge in [-0.2, -0.15) is 0 Å². The maximum Gasteiger partial charge on any atom is 0.249 e. The third-order valence-corrected chi connectivity index (χ3v) is 3.82. The van der Waals surface area contributed by atoms with Crippen molar-refractivity contribution in [3.63, 3.8) is 0 Å². The fourth-order valence-electron chi connectivity index (χ4n) is 1.74. The summed E-state index contributed by atoms with van der Waals surface area (Å²) in [5.41, 5.74) is 0.209. The van der Waals surface area contributed by atoms with Crippen LogP contribution in [0.25, 0.3) is 0 Å². The zero-order valence-corrected chi connectivity index (χ0v) is 10.7. The number of benzene rings is 1. The van der Waals surface area contributed by atoms with Crippen molar-refractivity contribution >= 4 is 27.1 Å². The first kappa shape index (κ1) is 11.9. The molecule has 1 aromatic rings. The molecule has 2 rings (SSSR count). The molecule has 0 bridgehead atoms. The molecule has 6 heteroatoms. The van der Waals surface area contributed by atoms with E-state index in [0.29, 0.717) is 11.4 Å². The lowest BCUT2D eigenvalue weighted by Crippen LogP contribution is -2.47. The number of anilines is 2. The number of sulfone groups is 1. The summed E-state index contributed by atoms with van der Waals surface area (Å²) in [5.74, 6) is -0.249. The minimum absolute atomic E-state index is 0.131. The van der Waals surface area contributed by atoms with Crippen LogP contribution in [0, 0.1) is 0 Å². The maximum atomic E-state index is 11.8. The van der Waals surface area contributed by atoms with Crippen LogP contribution in [0.1, 0.15) is 13.8 Å². The first-order valence-corrected chi connectivity index (χ1v) is 7.04. The number of amides is 1. The van der Waals surface area contributed by atoms with Crippen LogP contribution in [-0.4, -0.2) is 26.1 Å². The number of rotatable bonds is 1. The van der Waals surface area contributed by atoms with E-state index in [4.69, 9.17) is 0 Å². The van der Waals surface area contributed by atoms with Gasteiger partial charge in [-0.1, -0.05) is 6.07 Å². The Balaban J connectivity index is 2.63. The van der Waals surface area contributed by atoms with Gasteiger partial charge >= 0.3 is 0 Å². The molecule has 0 fully saturated rings. The Kier molecular flexibility index (Phi) is 2.43. The van der Waals surface area contributed by atoms with Crippen LogP contribution in [0.3, 0.4) is 0 Å². The van der Waals surface area contributed by atoms with Gasteiger partial charge in [0.15, 0.2) is 9.84 Å². The van der Waals surface area contributed by atoms with E-state index in [1.54, 1.807) is 26.0 Å². The lowest BCUT2D eigenvalue weighted by molar-refractivity contribution is -0.119. The lowest BCUT2D eigenvalue weighted by atomic mass is 10.0. The molecular formula is C11H14N2O3S. The molecule has 92 valence electrons. The highest BCUT2D eigenvalue weighted by Crippen LogP contribution is 2.35. The van der Waals surface area contributed by atoms with E-state index in [0.717, 1.165) is 6.26 Å². The molecule has 1 aliphatic rings. The molecule has 0 atom stereocenters. The number of para-hydroxylation sites is 1. The molecule has 1 aliphatic heterocycles. The van der Waals surface area contributed by atoms with Crippen molar-refractivity contribution < 1.29 is 13.2 Å². The van der Waals surface area contributed by atoms with Crippen molar-refractivity contribution in [1.82, 2.24) is 0 Å². The highest BCUT2D eigenvalue weighted by Gasteiger charge is 2.34. The summed E-state index contributed by atoms with van der Waals surface area (Å²) in [4.78, 5) is 11.9. The Morgan fingerprint density at radius 1 is 1.24 bits per heavy atom. The van der Waals surface area contributed by atoms with Gasteiger partial charge in [0.25, 0.3) is 0 Å². The largest absolute Gasteiger partial charge is 0.370 e. The van der Waals surface area contributed by atoms with E-state index in [2.05, 4.69) is 10.6 Å². The number of nitrogens with one attached hydrogen (secondary N) is 2. The smallest absolute Gasteiger partial charge is 0.249 e. The second-order valence-electron chi connectivity index (χ2n) is 4.65. The Bertz CT molecular complexity index is 591. The molecule has 0 radical (unpaired) electrons. The van der Waals surface area contributed by atoms with Crippen molar-refractivity contribution in [2.24, 2.45) is 0 Å². The summed E-state index contributed by atoms with van der Waals surface area (Å²) in [7, 11) is -3.36. The van der Waals surface area contributed by atoms with Gasteiger partial charge in [0.1, 0.15) is 5.54 Å². The van der Waals surface area contributed by atoms with Crippen molar-refractivity contribution in [2.45, 2.75) is 24.3 Å². The summed E-state index contributed by atoms with van der Waals surface area (Å²) < 4.78 is 23.2. The monoisotopic (exact) mass is 254 g/mol. The summed E-state index contributed by atoms with van der Waals surface area (Å²) in [6.45, 7) is 3.47. The van der Waals surface area contributed by atoms with Gasteiger partial charge in [-0.15, -0.1) is 0 Å². The van der Waals surface area contributed by atoms with Crippen LogP contribution >= 0.6 is 0 Å². The molecule has 1 amide bonds. The Morgan fingerprint density at radius 3 is 2.47 bits per heavy atom. The molecular weight excluding hydrogens is 240 g/mol. The van der Waals surface area contributed by atoms with Crippen LogP contribution < -0.4 is 10.6 Å². The van der Waals surface area contributed by atoms with Crippen molar-refractivity contribution in [1.29, 1.82) is 0 Å². The zero-order valence-electron chi connectivity index (χ0n) is 9.87. The topological polar surface area (TPSA) is 75.3 Å². The molecule has 0 aromatic heterocycles. The van der Waals surface area contributed by atoms with E-state index >= 15 is 0 Å². The predicted molar refractivity (Wildman–Crippen MR) is 65.9 cm³/mol. The van der Waals surface area contributed by atoms with Gasteiger partial charge in [0.2, 0.25) is 5.91 Å². The summed E-state index contributed by atoms with van der Waals surface area (Å²) in [5, 5.41) is 5.67. The van der Waals surface area contributed by atoms with Gasteiger partial charge < -0.3 is 10.6 Å². The second-order valence-corrected chi connectivity index (χ2v) is 6.64. The van der Waals surface area contributed by atoms with Crippen LogP contribution in [0.2, 0.25) is 0 Å². The van der Waals surface area contributed by atoms with Crippen LogP contribution in [0.4, 0.5) is 11.4 Å². The quantitative estimate of drug-likeness (QED) is 0.790. The summed E-state index contributed by atoms with van der Waals surface area (Å²) in [6.07, 6.45) is 1.12. The summed E-state index contributed by atoms with van der Waals surface area (Å²) in [6, 6.07) is 4.87. The Hall–Kier alpha value is -1.56. The molecule has 0 aliphatic carbocycles. The third-order valence-electron chi connectivity index (χ3n) is 2.68. The Labute approximate surface area is 100 Å². The average Bonchev–Trinajstić information content (AvgIpc) is 2.16. The van der Waals surface area contributed by atoms with E-state index in [-0.39, 0.29) is 10.8 Å². The normalized spacial score (nSPS) is 17.9. The first-order valence-electron chi connectivity index (χ1n) is 5.14. The first-order chi connectivity index (χ1) is 7.72. The SMILES string of the molecule is CC1(C)Nc2cccc(S(C)(=O)=O)c2NC1=O. The van der Waals surface area contributed by atoms with Gasteiger partial charge in [0.05, 0.1) is 16.3 Å². The van der Waals surface area contributed by atoms with Gasteiger partial charge in [-0.05, 0) is 26.0 Å². The molecule has 0 unspecified atom stereocenters. The number of hydrogen-bond acceptors (Lipinski definition) is 4. The molecule has 2 N–H and O–H groups in total. The lowest BCUT2D eigenvalue weighted by Gasteiger charge is -2.33. The van der Waals surface area contributed by atoms with E-state index in [1.807, 2.05) is 0 Å². The minimum atomic E-state index is -3.36. The Morgan fingerprint density at radius 2 is 1.88 bits per heavy atom. The molecule has 0 saturated heterocycles. The maximum absolute atomic E-state index is 11.8. The third kappa shape index (κ3) is 2.00. The molecule has 0 saturated carbocycles. The van der Waals surface area contributed by atoms with Crippen LogP contribution in [0.5, 0.6) is 0 Å².